The molecule has 24 heavy (non-hydrogen) atoms. The topological polar surface area (TPSA) is 68.5 Å². The van der Waals surface area contributed by atoms with Gasteiger partial charge in [-0.3, -0.25) is 4.79 Å². The quantitative estimate of drug-likeness (QED) is 0.640. The smallest absolute Gasteiger partial charge is 0.331 e. The van der Waals surface area contributed by atoms with Crippen molar-refractivity contribution in [2.24, 2.45) is 0 Å². The van der Waals surface area contributed by atoms with Crippen molar-refractivity contribution >= 4 is 29.6 Å². The third-order valence-electron chi connectivity index (χ3n) is 3.03. The molecule has 2 aromatic rings. The monoisotopic (exact) mass is 351 g/mol. The molecule has 1 aromatic heterocycles. The Morgan fingerprint density at radius 3 is 2.88 bits per heavy atom. The van der Waals surface area contributed by atoms with Gasteiger partial charge in [0.05, 0.1) is 17.8 Å². The maximum Gasteiger partial charge on any atom is 0.331 e. The van der Waals surface area contributed by atoms with Gasteiger partial charge in [0, 0.05) is 6.08 Å². The van der Waals surface area contributed by atoms with Gasteiger partial charge in [-0.15, -0.1) is 0 Å². The van der Waals surface area contributed by atoms with E-state index >= 15 is 0 Å². The predicted molar refractivity (Wildman–Crippen MR) is 86.6 cm³/mol. The lowest BCUT2D eigenvalue weighted by molar-refractivity contribution is -0.150. The zero-order chi connectivity index (χ0) is 17.5. The summed E-state index contributed by atoms with van der Waals surface area (Å²) in [4.78, 5) is 23.5. The van der Waals surface area contributed by atoms with Crippen molar-refractivity contribution in [2.45, 2.75) is 19.6 Å². The van der Waals surface area contributed by atoms with E-state index in [1.807, 2.05) is 0 Å². The molecule has 0 aliphatic carbocycles. The molecule has 0 aliphatic rings. The van der Waals surface area contributed by atoms with Crippen LogP contribution in [0.2, 0.25) is 5.02 Å². The third kappa shape index (κ3) is 5.24. The highest BCUT2D eigenvalue weighted by atomic mass is 35.5. The van der Waals surface area contributed by atoms with Crippen LogP contribution in [0.1, 0.15) is 18.2 Å². The van der Waals surface area contributed by atoms with E-state index in [1.165, 1.54) is 37.5 Å². The SMILES string of the molecule is C[C@H](OC(=O)/C=C/c1ccc(F)c(Cl)c1)C(=O)NCc1ccco1. The fourth-order valence-electron chi connectivity index (χ4n) is 1.78. The Balaban J connectivity index is 1.82. The first-order chi connectivity index (χ1) is 11.5. The second-order valence-electron chi connectivity index (χ2n) is 4.88. The lowest BCUT2D eigenvalue weighted by Crippen LogP contribution is -2.35. The first kappa shape index (κ1) is 17.7. The number of nitrogens with one attached hydrogen (secondary N) is 1. The Hall–Kier alpha value is -2.60. The molecule has 1 heterocycles. The molecule has 0 saturated carbocycles. The molecule has 1 amide bonds. The molecule has 0 bridgehead atoms. The first-order valence-corrected chi connectivity index (χ1v) is 7.47. The van der Waals surface area contributed by atoms with Gasteiger partial charge in [-0.2, -0.15) is 0 Å². The molecule has 0 unspecified atom stereocenters. The molecule has 2 rings (SSSR count). The van der Waals surface area contributed by atoms with Crippen molar-refractivity contribution in [1.82, 2.24) is 5.32 Å². The summed E-state index contributed by atoms with van der Waals surface area (Å²) in [5.41, 5.74) is 0.535. The Kier molecular flexibility index (Phi) is 6.14. The number of amides is 1. The number of hydrogen-bond acceptors (Lipinski definition) is 4. The van der Waals surface area contributed by atoms with Crippen molar-refractivity contribution in [1.29, 1.82) is 0 Å². The number of halogens is 2. The molecule has 1 N–H and O–H groups in total. The van der Waals surface area contributed by atoms with Gasteiger partial charge >= 0.3 is 5.97 Å². The molecule has 5 nitrogen and oxygen atoms in total. The van der Waals surface area contributed by atoms with Gasteiger partial charge in [0.1, 0.15) is 11.6 Å². The highest BCUT2D eigenvalue weighted by molar-refractivity contribution is 6.30. The minimum absolute atomic E-state index is 0.0452. The van der Waals surface area contributed by atoms with Crippen LogP contribution in [-0.4, -0.2) is 18.0 Å². The summed E-state index contributed by atoms with van der Waals surface area (Å²) >= 11 is 5.65. The van der Waals surface area contributed by atoms with E-state index < -0.39 is 23.8 Å². The molecular formula is C17H15ClFNO4. The zero-order valence-electron chi connectivity index (χ0n) is 12.8. The van der Waals surface area contributed by atoms with Crippen LogP contribution in [0.3, 0.4) is 0 Å². The maximum absolute atomic E-state index is 13.0. The van der Waals surface area contributed by atoms with Crippen LogP contribution in [-0.2, 0) is 20.9 Å². The second kappa shape index (κ2) is 8.31. The average Bonchev–Trinajstić information content (AvgIpc) is 3.07. The molecule has 0 radical (unpaired) electrons. The number of carbonyl (C=O) groups is 2. The van der Waals surface area contributed by atoms with Gasteiger partial charge in [0.2, 0.25) is 0 Å². The summed E-state index contributed by atoms with van der Waals surface area (Å²) in [7, 11) is 0. The van der Waals surface area contributed by atoms with E-state index in [4.69, 9.17) is 20.8 Å². The van der Waals surface area contributed by atoms with Crippen LogP contribution < -0.4 is 5.32 Å². The Morgan fingerprint density at radius 2 is 2.21 bits per heavy atom. The molecule has 0 saturated heterocycles. The van der Waals surface area contributed by atoms with E-state index in [2.05, 4.69) is 5.32 Å². The molecule has 1 aromatic carbocycles. The lowest BCUT2D eigenvalue weighted by Gasteiger charge is -2.11. The molecule has 0 aliphatic heterocycles. The summed E-state index contributed by atoms with van der Waals surface area (Å²) < 4.78 is 23.1. The van der Waals surface area contributed by atoms with Crippen LogP contribution in [0, 0.1) is 5.82 Å². The summed E-state index contributed by atoms with van der Waals surface area (Å²) in [6.45, 7) is 1.66. The number of ether oxygens (including phenoxy) is 1. The van der Waals surface area contributed by atoms with Crippen LogP contribution in [0.25, 0.3) is 6.08 Å². The van der Waals surface area contributed by atoms with E-state index in [-0.39, 0.29) is 11.6 Å². The highest BCUT2D eigenvalue weighted by Gasteiger charge is 2.16. The van der Waals surface area contributed by atoms with Gasteiger partial charge < -0.3 is 14.5 Å². The minimum atomic E-state index is -0.964. The summed E-state index contributed by atoms with van der Waals surface area (Å²) in [5.74, 6) is -1.10. The Morgan fingerprint density at radius 1 is 1.42 bits per heavy atom. The predicted octanol–water partition coefficient (Wildman–Crippen LogP) is 3.33. The summed E-state index contributed by atoms with van der Waals surface area (Å²) in [6, 6.07) is 7.45. The lowest BCUT2D eigenvalue weighted by atomic mass is 10.2. The fourth-order valence-corrected chi connectivity index (χ4v) is 1.97. The average molecular weight is 352 g/mol. The van der Waals surface area contributed by atoms with Gasteiger partial charge in [0.25, 0.3) is 5.91 Å². The van der Waals surface area contributed by atoms with E-state index in [0.29, 0.717) is 11.3 Å². The van der Waals surface area contributed by atoms with Crippen LogP contribution in [0.15, 0.2) is 47.1 Å². The molecular weight excluding hydrogens is 337 g/mol. The number of carbonyl (C=O) groups excluding carboxylic acids is 2. The Bertz CT molecular complexity index is 743. The van der Waals surface area contributed by atoms with Gasteiger partial charge in [0.15, 0.2) is 6.10 Å². The number of benzene rings is 1. The molecule has 0 fully saturated rings. The standard InChI is InChI=1S/C17H15ClFNO4/c1-11(17(22)20-10-13-3-2-8-23-13)24-16(21)7-5-12-4-6-15(19)14(18)9-12/h2-9,11H,10H2,1H3,(H,20,22)/b7-5+/t11-/m0/s1. The van der Waals surface area contributed by atoms with Crippen molar-refractivity contribution in [3.8, 4) is 0 Å². The zero-order valence-corrected chi connectivity index (χ0v) is 13.5. The van der Waals surface area contributed by atoms with E-state index in [1.54, 1.807) is 12.1 Å². The number of furan rings is 1. The second-order valence-corrected chi connectivity index (χ2v) is 5.29. The fraction of sp³-hybridized carbons (Fsp3) is 0.176. The van der Waals surface area contributed by atoms with Gasteiger partial charge in [-0.05, 0) is 42.8 Å². The summed E-state index contributed by atoms with van der Waals surface area (Å²) in [5, 5.41) is 2.54. The first-order valence-electron chi connectivity index (χ1n) is 7.09. The van der Waals surface area contributed by atoms with Crippen LogP contribution in [0.4, 0.5) is 4.39 Å². The number of rotatable bonds is 6. The van der Waals surface area contributed by atoms with Crippen molar-refractivity contribution in [3.63, 3.8) is 0 Å². The molecule has 1 atom stereocenters. The largest absolute Gasteiger partial charge is 0.467 e. The minimum Gasteiger partial charge on any atom is -0.467 e. The maximum atomic E-state index is 13.0. The van der Waals surface area contributed by atoms with Crippen LogP contribution >= 0.6 is 11.6 Å². The Labute approximate surface area is 143 Å². The molecule has 7 heteroatoms. The highest BCUT2D eigenvalue weighted by Crippen LogP contribution is 2.16. The number of esters is 1. The molecule has 126 valence electrons. The van der Waals surface area contributed by atoms with Crippen molar-refractivity contribution < 1.29 is 23.1 Å². The van der Waals surface area contributed by atoms with Gasteiger partial charge in [-0.1, -0.05) is 17.7 Å². The normalized spacial score (nSPS) is 12.1. The van der Waals surface area contributed by atoms with E-state index in [0.717, 1.165) is 6.08 Å². The van der Waals surface area contributed by atoms with Crippen molar-refractivity contribution in [3.05, 3.63) is 64.8 Å². The third-order valence-corrected chi connectivity index (χ3v) is 3.32. The summed E-state index contributed by atoms with van der Waals surface area (Å²) in [6.07, 6.45) is 3.09. The van der Waals surface area contributed by atoms with Crippen LogP contribution in [0.5, 0.6) is 0 Å². The van der Waals surface area contributed by atoms with Gasteiger partial charge in [-0.25, -0.2) is 9.18 Å². The van der Waals surface area contributed by atoms with E-state index in [9.17, 15) is 14.0 Å². The number of hydrogen-bond donors (Lipinski definition) is 1. The van der Waals surface area contributed by atoms with Crippen molar-refractivity contribution in [2.75, 3.05) is 0 Å². The molecule has 0 spiro atoms.